The van der Waals surface area contributed by atoms with Gasteiger partial charge in [0.15, 0.2) is 0 Å². The van der Waals surface area contributed by atoms with Crippen LogP contribution in [0.3, 0.4) is 0 Å². The van der Waals surface area contributed by atoms with Gasteiger partial charge >= 0.3 is 5.97 Å². The minimum absolute atomic E-state index is 0.0819. The highest BCUT2D eigenvalue weighted by molar-refractivity contribution is 7.12. The van der Waals surface area contributed by atoms with Gasteiger partial charge in [0, 0.05) is 22.8 Å². The lowest BCUT2D eigenvalue weighted by molar-refractivity contribution is -0.136. The maximum absolute atomic E-state index is 10.6. The molecule has 1 aromatic rings. The summed E-state index contributed by atoms with van der Waals surface area (Å²) in [6.45, 7) is 5.18. The topological polar surface area (TPSA) is 69.6 Å². The second-order valence-corrected chi connectivity index (χ2v) is 5.73. The van der Waals surface area contributed by atoms with Crippen LogP contribution in [0, 0.1) is 0 Å². The maximum Gasteiger partial charge on any atom is 0.308 e. The van der Waals surface area contributed by atoms with E-state index in [-0.39, 0.29) is 6.42 Å². The molecule has 0 saturated heterocycles. The number of rotatable bonds is 8. The average molecular weight is 271 g/mol. The average Bonchev–Trinajstić information content (AvgIpc) is 2.75. The fourth-order valence-electron chi connectivity index (χ4n) is 1.68. The number of carboxylic acids is 1. The van der Waals surface area contributed by atoms with E-state index in [2.05, 4.69) is 5.32 Å². The number of nitrogens with one attached hydrogen (secondary N) is 1. The van der Waals surface area contributed by atoms with E-state index in [1.807, 2.05) is 26.0 Å². The SMILES string of the molecule is CCC(O)(CC)CNCc1ccc(CC(=O)O)s1. The zero-order valence-corrected chi connectivity index (χ0v) is 11.7. The van der Waals surface area contributed by atoms with E-state index < -0.39 is 11.6 Å². The second kappa shape index (κ2) is 6.87. The summed E-state index contributed by atoms with van der Waals surface area (Å²) in [6, 6.07) is 3.79. The van der Waals surface area contributed by atoms with Crippen LogP contribution >= 0.6 is 11.3 Å². The number of aliphatic hydroxyl groups is 1. The molecular weight excluding hydrogens is 250 g/mol. The Morgan fingerprint density at radius 3 is 2.50 bits per heavy atom. The Morgan fingerprint density at radius 2 is 1.94 bits per heavy atom. The summed E-state index contributed by atoms with van der Waals surface area (Å²) in [5.74, 6) is -0.803. The third kappa shape index (κ3) is 4.76. The summed E-state index contributed by atoms with van der Waals surface area (Å²) in [4.78, 5) is 12.5. The van der Waals surface area contributed by atoms with Crippen molar-refractivity contribution in [1.82, 2.24) is 5.32 Å². The van der Waals surface area contributed by atoms with Gasteiger partial charge < -0.3 is 15.5 Å². The van der Waals surface area contributed by atoms with Gasteiger partial charge in [-0.2, -0.15) is 0 Å². The Morgan fingerprint density at radius 1 is 1.33 bits per heavy atom. The largest absolute Gasteiger partial charge is 0.481 e. The summed E-state index contributed by atoms with van der Waals surface area (Å²) in [7, 11) is 0. The molecule has 5 heteroatoms. The van der Waals surface area contributed by atoms with Crippen molar-refractivity contribution in [3.8, 4) is 0 Å². The van der Waals surface area contributed by atoms with Gasteiger partial charge in [-0.05, 0) is 25.0 Å². The Labute approximate surface area is 112 Å². The minimum Gasteiger partial charge on any atom is -0.481 e. The predicted octanol–water partition coefficient (Wildman–Crippen LogP) is 2.02. The van der Waals surface area contributed by atoms with Crippen LogP contribution in [-0.4, -0.2) is 28.3 Å². The molecule has 0 unspecified atom stereocenters. The van der Waals surface area contributed by atoms with Gasteiger partial charge in [-0.3, -0.25) is 4.79 Å². The van der Waals surface area contributed by atoms with E-state index in [4.69, 9.17) is 5.11 Å². The van der Waals surface area contributed by atoms with Crippen molar-refractivity contribution < 1.29 is 15.0 Å². The van der Waals surface area contributed by atoms with Gasteiger partial charge in [-0.15, -0.1) is 11.3 Å². The summed E-state index contributed by atoms with van der Waals surface area (Å²) in [5.41, 5.74) is -0.638. The van der Waals surface area contributed by atoms with Crippen LogP contribution in [0.4, 0.5) is 0 Å². The molecule has 0 fully saturated rings. The Balaban J connectivity index is 2.40. The normalized spacial score (nSPS) is 11.7. The standard InChI is InChI=1S/C13H21NO3S/c1-3-13(17,4-2)9-14-8-11-6-5-10(18-11)7-12(15)16/h5-6,14,17H,3-4,7-9H2,1-2H3,(H,15,16). The molecule has 1 aromatic heterocycles. The van der Waals surface area contributed by atoms with E-state index in [9.17, 15) is 9.90 Å². The lowest BCUT2D eigenvalue weighted by Gasteiger charge is -2.25. The van der Waals surface area contributed by atoms with Crippen LogP contribution in [0.25, 0.3) is 0 Å². The molecule has 1 rings (SSSR count). The molecule has 0 aliphatic rings. The molecule has 0 bridgehead atoms. The molecule has 4 nitrogen and oxygen atoms in total. The van der Waals surface area contributed by atoms with Crippen LogP contribution in [0.2, 0.25) is 0 Å². The number of carbonyl (C=O) groups is 1. The maximum atomic E-state index is 10.6. The molecule has 0 aliphatic carbocycles. The van der Waals surface area contributed by atoms with Gasteiger partial charge in [0.1, 0.15) is 0 Å². The number of hydrogen-bond acceptors (Lipinski definition) is 4. The smallest absolute Gasteiger partial charge is 0.308 e. The third-order valence-corrected chi connectivity index (χ3v) is 4.20. The van der Waals surface area contributed by atoms with Crippen LogP contribution < -0.4 is 5.32 Å². The van der Waals surface area contributed by atoms with E-state index in [1.54, 1.807) is 0 Å². The van der Waals surface area contributed by atoms with Gasteiger partial charge in [0.25, 0.3) is 0 Å². The third-order valence-electron chi connectivity index (χ3n) is 3.11. The first kappa shape index (κ1) is 15.1. The van der Waals surface area contributed by atoms with E-state index in [0.29, 0.717) is 13.1 Å². The molecule has 0 aromatic carbocycles. The van der Waals surface area contributed by atoms with Crippen molar-refractivity contribution in [2.45, 2.75) is 45.3 Å². The van der Waals surface area contributed by atoms with Gasteiger partial charge in [-0.25, -0.2) is 0 Å². The lowest BCUT2D eigenvalue weighted by atomic mass is 9.98. The van der Waals surface area contributed by atoms with Gasteiger partial charge in [0.2, 0.25) is 0 Å². The van der Waals surface area contributed by atoms with E-state index in [1.165, 1.54) is 11.3 Å². The molecule has 0 spiro atoms. The number of aliphatic carboxylic acids is 1. The lowest BCUT2D eigenvalue weighted by Crippen LogP contribution is -2.39. The van der Waals surface area contributed by atoms with Crippen molar-refractivity contribution in [3.05, 3.63) is 21.9 Å². The van der Waals surface area contributed by atoms with E-state index >= 15 is 0 Å². The summed E-state index contributed by atoms with van der Waals surface area (Å²) >= 11 is 1.50. The van der Waals surface area contributed by atoms with Crippen molar-refractivity contribution >= 4 is 17.3 Å². The monoisotopic (exact) mass is 271 g/mol. The Hall–Kier alpha value is -0.910. The van der Waals surface area contributed by atoms with Gasteiger partial charge in [0.05, 0.1) is 12.0 Å². The molecule has 18 heavy (non-hydrogen) atoms. The van der Waals surface area contributed by atoms with Crippen molar-refractivity contribution in [2.24, 2.45) is 0 Å². The molecule has 0 aliphatic heterocycles. The van der Waals surface area contributed by atoms with Gasteiger partial charge in [-0.1, -0.05) is 13.8 Å². The molecule has 0 radical (unpaired) electrons. The Kier molecular flexibility index (Phi) is 5.78. The zero-order valence-electron chi connectivity index (χ0n) is 10.9. The molecule has 3 N–H and O–H groups in total. The molecular formula is C13H21NO3S. The summed E-state index contributed by atoms with van der Waals surface area (Å²) in [5, 5.41) is 22.0. The first-order valence-corrected chi connectivity index (χ1v) is 7.03. The highest BCUT2D eigenvalue weighted by atomic mass is 32.1. The molecule has 0 saturated carbocycles. The zero-order chi connectivity index (χ0) is 13.6. The van der Waals surface area contributed by atoms with Crippen molar-refractivity contribution in [1.29, 1.82) is 0 Å². The van der Waals surface area contributed by atoms with Crippen molar-refractivity contribution in [2.75, 3.05) is 6.54 Å². The molecule has 0 amide bonds. The first-order valence-electron chi connectivity index (χ1n) is 6.21. The van der Waals surface area contributed by atoms with Crippen molar-refractivity contribution in [3.63, 3.8) is 0 Å². The fourth-order valence-corrected chi connectivity index (χ4v) is 2.66. The van der Waals surface area contributed by atoms with Crippen LogP contribution in [-0.2, 0) is 17.8 Å². The minimum atomic E-state index is -0.803. The van der Waals surface area contributed by atoms with Crippen LogP contribution in [0.15, 0.2) is 12.1 Å². The fraction of sp³-hybridized carbons (Fsp3) is 0.615. The number of hydrogen-bond donors (Lipinski definition) is 3. The van der Waals surface area contributed by atoms with E-state index in [0.717, 1.165) is 22.6 Å². The second-order valence-electron chi connectivity index (χ2n) is 4.47. The Bertz CT molecular complexity index is 385. The highest BCUT2D eigenvalue weighted by Gasteiger charge is 2.21. The quantitative estimate of drug-likeness (QED) is 0.676. The number of thiophene rings is 1. The molecule has 1 heterocycles. The summed E-state index contributed by atoms with van der Waals surface area (Å²) in [6.07, 6.45) is 1.54. The first-order chi connectivity index (χ1) is 8.49. The predicted molar refractivity (Wildman–Crippen MR) is 72.9 cm³/mol. The molecule has 0 atom stereocenters. The van der Waals surface area contributed by atoms with Crippen LogP contribution in [0.5, 0.6) is 0 Å². The summed E-state index contributed by atoms with van der Waals surface area (Å²) < 4.78 is 0. The molecule has 102 valence electrons. The highest BCUT2D eigenvalue weighted by Crippen LogP contribution is 2.18. The van der Waals surface area contributed by atoms with Crippen LogP contribution in [0.1, 0.15) is 36.4 Å². The number of carboxylic acid groups (broad SMARTS) is 1.